The number of benzene rings is 3. The lowest BCUT2D eigenvalue weighted by atomic mass is 9.94. The van der Waals surface area contributed by atoms with Crippen molar-refractivity contribution in [2.24, 2.45) is 0 Å². The molecule has 0 bridgehead atoms. The molecule has 0 saturated carbocycles. The number of rotatable bonds is 9. The normalized spacial score (nSPS) is 15.0. The molecule has 0 amide bonds. The van der Waals surface area contributed by atoms with Gasteiger partial charge in [0, 0.05) is 31.7 Å². The number of para-hydroxylation sites is 1. The fourth-order valence-corrected chi connectivity index (χ4v) is 4.36. The molecule has 174 valence electrons. The van der Waals surface area contributed by atoms with E-state index in [1.807, 2.05) is 42.5 Å². The fraction of sp³-hybridized carbons (Fsp3) is 0.333. The van der Waals surface area contributed by atoms with Gasteiger partial charge in [0.25, 0.3) is 0 Å². The number of piperazine rings is 1. The van der Waals surface area contributed by atoms with E-state index in [2.05, 4.69) is 34.5 Å². The SMILES string of the molecule is COc1cc(C(c2ccccc2OCc2ccccc2)N2CCNCC2)cc(OC)c1OC. The second-order valence-electron chi connectivity index (χ2n) is 7.96. The van der Waals surface area contributed by atoms with Crippen LogP contribution in [0.5, 0.6) is 23.0 Å². The quantitative estimate of drug-likeness (QED) is 0.527. The summed E-state index contributed by atoms with van der Waals surface area (Å²) in [5.74, 6) is 2.76. The van der Waals surface area contributed by atoms with Crippen molar-refractivity contribution in [3.63, 3.8) is 0 Å². The Morgan fingerprint density at radius 3 is 2.06 bits per heavy atom. The van der Waals surface area contributed by atoms with Gasteiger partial charge in [-0.05, 0) is 29.3 Å². The van der Waals surface area contributed by atoms with Crippen LogP contribution in [-0.4, -0.2) is 52.4 Å². The fourth-order valence-electron chi connectivity index (χ4n) is 4.36. The zero-order chi connectivity index (χ0) is 23.0. The first-order valence-electron chi connectivity index (χ1n) is 11.3. The van der Waals surface area contributed by atoms with Crippen molar-refractivity contribution in [2.75, 3.05) is 47.5 Å². The van der Waals surface area contributed by atoms with E-state index in [4.69, 9.17) is 18.9 Å². The molecule has 3 aromatic carbocycles. The van der Waals surface area contributed by atoms with Gasteiger partial charge in [0.05, 0.1) is 27.4 Å². The summed E-state index contributed by atoms with van der Waals surface area (Å²) in [6.45, 7) is 4.24. The second-order valence-corrected chi connectivity index (χ2v) is 7.96. The topological polar surface area (TPSA) is 52.2 Å². The largest absolute Gasteiger partial charge is 0.493 e. The van der Waals surface area contributed by atoms with Gasteiger partial charge in [-0.15, -0.1) is 0 Å². The van der Waals surface area contributed by atoms with Gasteiger partial charge < -0.3 is 24.3 Å². The minimum atomic E-state index is -0.0206. The lowest BCUT2D eigenvalue weighted by Crippen LogP contribution is -2.45. The predicted octanol–water partition coefficient (Wildman–Crippen LogP) is 4.29. The van der Waals surface area contributed by atoms with Crippen LogP contribution in [0.2, 0.25) is 0 Å². The van der Waals surface area contributed by atoms with Crippen molar-refractivity contribution in [2.45, 2.75) is 12.6 Å². The molecule has 0 aliphatic carbocycles. The molecule has 1 fully saturated rings. The number of hydrogen-bond donors (Lipinski definition) is 1. The highest BCUT2D eigenvalue weighted by Gasteiger charge is 2.29. The van der Waals surface area contributed by atoms with Crippen LogP contribution in [0.3, 0.4) is 0 Å². The summed E-state index contributed by atoms with van der Waals surface area (Å²) in [6, 6.07) is 22.6. The molecule has 0 radical (unpaired) electrons. The van der Waals surface area contributed by atoms with Gasteiger partial charge >= 0.3 is 0 Å². The summed E-state index contributed by atoms with van der Waals surface area (Å²) >= 11 is 0. The number of methoxy groups -OCH3 is 3. The van der Waals surface area contributed by atoms with Crippen molar-refractivity contribution in [1.29, 1.82) is 0 Å². The first-order valence-corrected chi connectivity index (χ1v) is 11.3. The first kappa shape index (κ1) is 23.0. The van der Waals surface area contributed by atoms with Gasteiger partial charge in [-0.25, -0.2) is 0 Å². The smallest absolute Gasteiger partial charge is 0.203 e. The molecule has 1 aliphatic heterocycles. The minimum absolute atomic E-state index is 0.0206. The van der Waals surface area contributed by atoms with Crippen molar-refractivity contribution in [1.82, 2.24) is 10.2 Å². The lowest BCUT2D eigenvalue weighted by Gasteiger charge is -2.36. The van der Waals surface area contributed by atoms with Crippen LogP contribution in [0.15, 0.2) is 66.7 Å². The van der Waals surface area contributed by atoms with Crippen LogP contribution in [0.25, 0.3) is 0 Å². The first-order chi connectivity index (χ1) is 16.2. The zero-order valence-corrected chi connectivity index (χ0v) is 19.5. The Labute approximate surface area is 196 Å². The van der Waals surface area contributed by atoms with Crippen LogP contribution in [0.4, 0.5) is 0 Å². The molecule has 1 atom stereocenters. The summed E-state index contributed by atoms with van der Waals surface area (Å²) in [4.78, 5) is 2.47. The number of hydrogen-bond acceptors (Lipinski definition) is 6. The number of nitrogens with one attached hydrogen (secondary N) is 1. The van der Waals surface area contributed by atoms with Gasteiger partial charge in [-0.1, -0.05) is 48.5 Å². The molecule has 4 rings (SSSR count). The Morgan fingerprint density at radius 1 is 0.788 bits per heavy atom. The molecule has 1 saturated heterocycles. The Kier molecular flexibility index (Phi) is 7.70. The standard InChI is InChI=1S/C27H32N2O4/c1-30-24-17-21(18-25(31-2)27(24)32-3)26(29-15-13-28-14-16-29)22-11-7-8-12-23(22)33-19-20-9-5-4-6-10-20/h4-12,17-18,26,28H,13-16,19H2,1-3H3. The van der Waals surface area contributed by atoms with E-state index in [1.54, 1.807) is 21.3 Å². The van der Waals surface area contributed by atoms with Gasteiger partial charge in [-0.3, -0.25) is 4.90 Å². The van der Waals surface area contributed by atoms with E-state index < -0.39 is 0 Å². The van der Waals surface area contributed by atoms with E-state index in [9.17, 15) is 0 Å². The lowest BCUT2D eigenvalue weighted by molar-refractivity contribution is 0.192. The summed E-state index contributed by atoms with van der Waals surface area (Å²) in [7, 11) is 4.93. The maximum Gasteiger partial charge on any atom is 0.203 e. The molecule has 0 spiro atoms. The maximum atomic E-state index is 6.35. The third-order valence-corrected chi connectivity index (χ3v) is 5.97. The van der Waals surface area contributed by atoms with E-state index in [0.29, 0.717) is 23.9 Å². The molecule has 6 nitrogen and oxygen atoms in total. The van der Waals surface area contributed by atoms with Gasteiger partial charge in [0.15, 0.2) is 11.5 Å². The van der Waals surface area contributed by atoms with Crippen LogP contribution in [0, 0.1) is 0 Å². The highest BCUT2D eigenvalue weighted by atomic mass is 16.5. The molecular formula is C27H32N2O4. The zero-order valence-electron chi connectivity index (χ0n) is 19.5. The van der Waals surface area contributed by atoms with Crippen molar-refractivity contribution in [3.05, 3.63) is 83.4 Å². The Bertz CT molecular complexity index is 1010. The molecule has 0 aromatic heterocycles. The van der Waals surface area contributed by atoms with Gasteiger partial charge in [-0.2, -0.15) is 0 Å². The maximum absolute atomic E-state index is 6.35. The van der Waals surface area contributed by atoms with E-state index >= 15 is 0 Å². The molecule has 1 aliphatic rings. The third-order valence-electron chi connectivity index (χ3n) is 5.97. The Hall–Kier alpha value is -3.22. The third kappa shape index (κ3) is 5.24. The van der Waals surface area contributed by atoms with Crippen LogP contribution in [0.1, 0.15) is 22.7 Å². The van der Waals surface area contributed by atoms with E-state index in [-0.39, 0.29) is 6.04 Å². The van der Waals surface area contributed by atoms with Gasteiger partial charge in [0.2, 0.25) is 5.75 Å². The predicted molar refractivity (Wildman–Crippen MR) is 130 cm³/mol. The van der Waals surface area contributed by atoms with Crippen LogP contribution in [-0.2, 0) is 6.61 Å². The molecular weight excluding hydrogens is 416 g/mol. The molecule has 3 aromatic rings. The van der Waals surface area contributed by atoms with Crippen LogP contribution < -0.4 is 24.3 Å². The molecule has 1 unspecified atom stereocenters. The van der Waals surface area contributed by atoms with Gasteiger partial charge in [0.1, 0.15) is 12.4 Å². The highest BCUT2D eigenvalue weighted by molar-refractivity contribution is 5.56. The molecule has 6 heteroatoms. The van der Waals surface area contributed by atoms with Crippen molar-refractivity contribution in [3.8, 4) is 23.0 Å². The molecule has 1 heterocycles. The van der Waals surface area contributed by atoms with Crippen LogP contribution >= 0.6 is 0 Å². The highest BCUT2D eigenvalue weighted by Crippen LogP contribution is 2.43. The summed E-state index contributed by atoms with van der Waals surface area (Å²) in [6.07, 6.45) is 0. The Morgan fingerprint density at radius 2 is 1.42 bits per heavy atom. The van der Waals surface area contributed by atoms with Crippen molar-refractivity contribution >= 4 is 0 Å². The average molecular weight is 449 g/mol. The molecule has 1 N–H and O–H groups in total. The average Bonchev–Trinajstić information content (AvgIpc) is 2.89. The summed E-state index contributed by atoms with van der Waals surface area (Å²) < 4.78 is 23.2. The summed E-state index contributed by atoms with van der Waals surface area (Å²) in [5.41, 5.74) is 3.32. The van der Waals surface area contributed by atoms with Crippen molar-refractivity contribution < 1.29 is 18.9 Å². The van der Waals surface area contributed by atoms with E-state index in [1.165, 1.54) is 0 Å². The Balaban J connectivity index is 1.76. The number of nitrogens with zero attached hydrogens (tertiary/aromatic N) is 1. The number of ether oxygens (including phenoxy) is 4. The second kappa shape index (κ2) is 11.1. The minimum Gasteiger partial charge on any atom is -0.493 e. The molecule has 33 heavy (non-hydrogen) atoms. The summed E-state index contributed by atoms with van der Waals surface area (Å²) in [5, 5.41) is 3.45. The van der Waals surface area contributed by atoms with E-state index in [0.717, 1.165) is 48.6 Å². The monoisotopic (exact) mass is 448 g/mol.